The topological polar surface area (TPSA) is 60.2 Å². The predicted molar refractivity (Wildman–Crippen MR) is 70.3 cm³/mol. The zero-order chi connectivity index (χ0) is 14.2. The first-order valence-corrected chi connectivity index (χ1v) is 6.30. The highest BCUT2D eigenvalue weighted by Crippen LogP contribution is 2.38. The number of methoxy groups -OCH3 is 1. The molecule has 7 heteroatoms. The Morgan fingerprint density at radius 1 is 1.47 bits per heavy atom. The van der Waals surface area contributed by atoms with Crippen molar-refractivity contribution < 1.29 is 14.2 Å². The van der Waals surface area contributed by atoms with Gasteiger partial charge in [-0.2, -0.15) is 0 Å². The third-order valence-corrected chi connectivity index (χ3v) is 3.46. The van der Waals surface area contributed by atoms with Crippen molar-refractivity contribution in [1.82, 2.24) is 15.0 Å². The molecule has 1 heterocycles. The molecule has 1 aromatic heterocycles. The number of hydrogen-bond donors (Lipinski definition) is 1. The van der Waals surface area contributed by atoms with Crippen molar-refractivity contribution in [1.29, 1.82) is 0 Å². The zero-order valence-electron chi connectivity index (χ0n) is 10.7. The van der Waals surface area contributed by atoms with Crippen molar-refractivity contribution in [2.45, 2.75) is 12.5 Å². The Labute approximate surface area is 118 Å². The van der Waals surface area contributed by atoms with Crippen LogP contribution >= 0.6 is 15.9 Å². The summed E-state index contributed by atoms with van der Waals surface area (Å²) >= 11 is 3.20. The van der Waals surface area contributed by atoms with Crippen molar-refractivity contribution >= 4 is 15.9 Å². The maximum absolute atomic E-state index is 14.1. The van der Waals surface area contributed by atoms with E-state index in [1.807, 2.05) is 0 Å². The number of rotatable bonds is 3. The van der Waals surface area contributed by atoms with E-state index in [1.54, 1.807) is 13.1 Å². The Hall–Kier alpha value is -1.47. The van der Waals surface area contributed by atoms with Crippen LogP contribution in [0.1, 0.15) is 18.2 Å². The number of aromatic nitrogens is 3. The van der Waals surface area contributed by atoms with Crippen LogP contribution in [0.4, 0.5) is 4.39 Å². The standard InChI is InChI=1S/C12H13BrFN3O2/c1-12(18,10-11(13)15-16-17(10)2)9-7(14)5-4-6-8(9)19-3/h4-6,18H,1-3H3. The average molecular weight is 330 g/mol. The van der Waals surface area contributed by atoms with Crippen LogP contribution in [-0.4, -0.2) is 27.2 Å². The van der Waals surface area contributed by atoms with Gasteiger partial charge < -0.3 is 9.84 Å². The molecule has 2 aromatic rings. The van der Waals surface area contributed by atoms with Gasteiger partial charge in [-0.25, -0.2) is 9.07 Å². The molecular weight excluding hydrogens is 317 g/mol. The van der Waals surface area contributed by atoms with Gasteiger partial charge in [0.05, 0.1) is 12.7 Å². The van der Waals surface area contributed by atoms with Gasteiger partial charge in [-0.3, -0.25) is 0 Å². The lowest BCUT2D eigenvalue weighted by atomic mass is 9.91. The summed E-state index contributed by atoms with van der Waals surface area (Å²) in [5, 5.41) is 18.3. The first-order chi connectivity index (χ1) is 8.89. The second-order valence-electron chi connectivity index (χ2n) is 4.24. The number of ether oxygens (including phenoxy) is 1. The minimum Gasteiger partial charge on any atom is -0.496 e. The number of halogens is 2. The van der Waals surface area contributed by atoms with E-state index in [1.165, 1.54) is 30.8 Å². The molecule has 0 aliphatic heterocycles. The zero-order valence-corrected chi connectivity index (χ0v) is 12.3. The fourth-order valence-corrected chi connectivity index (χ4v) is 2.83. The summed E-state index contributed by atoms with van der Waals surface area (Å²) in [6, 6.07) is 4.37. The van der Waals surface area contributed by atoms with Gasteiger partial charge in [0, 0.05) is 7.05 Å². The fraction of sp³-hybridized carbons (Fsp3) is 0.333. The Morgan fingerprint density at radius 2 is 2.16 bits per heavy atom. The molecule has 102 valence electrons. The Kier molecular flexibility index (Phi) is 3.60. The first-order valence-electron chi connectivity index (χ1n) is 5.50. The molecule has 0 saturated heterocycles. The Morgan fingerprint density at radius 3 is 2.68 bits per heavy atom. The highest BCUT2D eigenvalue weighted by atomic mass is 79.9. The quantitative estimate of drug-likeness (QED) is 0.935. The molecule has 0 radical (unpaired) electrons. The summed E-state index contributed by atoms with van der Waals surface area (Å²) in [6.07, 6.45) is 0. The SMILES string of the molecule is COc1cccc(F)c1C(C)(O)c1c(Br)nnn1C. The van der Waals surface area contributed by atoms with E-state index in [-0.39, 0.29) is 11.3 Å². The predicted octanol–water partition coefficient (Wildman–Crippen LogP) is 1.98. The number of nitrogens with zero attached hydrogens (tertiary/aromatic N) is 3. The van der Waals surface area contributed by atoms with Crippen LogP contribution in [0, 0.1) is 5.82 Å². The number of hydrogen-bond acceptors (Lipinski definition) is 4. The minimum atomic E-state index is -1.63. The molecule has 19 heavy (non-hydrogen) atoms. The Bertz CT molecular complexity index is 594. The Balaban J connectivity index is 2.70. The van der Waals surface area contributed by atoms with E-state index in [4.69, 9.17) is 4.74 Å². The van der Waals surface area contributed by atoms with Crippen LogP contribution in [0.15, 0.2) is 22.8 Å². The second kappa shape index (κ2) is 4.90. The summed E-state index contributed by atoms with van der Waals surface area (Å²) < 4.78 is 20.9. The minimum absolute atomic E-state index is 0.0450. The molecule has 0 fully saturated rings. The lowest BCUT2D eigenvalue weighted by Gasteiger charge is -2.26. The summed E-state index contributed by atoms with van der Waals surface area (Å²) in [5.74, 6) is -0.296. The maximum Gasteiger partial charge on any atom is 0.154 e. The summed E-state index contributed by atoms with van der Waals surface area (Å²) in [5.41, 5.74) is -1.24. The first kappa shape index (κ1) is 14.0. The molecule has 0 amide bonds. The third kappa shape index (κ3) is 2.23. The van der Waals surface area contributed by atoms with Crippen molar-refractivity contribution in [2.24, 2.45) is 7.05 Å². The normalized spacial score (nSPS) is 14.2. The number of aryl methyl sites for hydroxylation is 1. The third-order valence-electron chi connectivity index (χ3n) is 2.93. The summed E-state index contributed by atoms with van der Waals surface area (Å²) in [4.78, 5) is 0. The molecule has 0 aliphatic rings. The number of benzene rings is 1. The van der Waals surface area contributed by atoms with Gasteiger partial charge in [0.1, 0.15) is 22.9 Å². The van der Waals surface area contributed by atoms with Gasteiger partial charge in [0.25, 0.3) is 0 Å². The molecular formula is C12H13BrFN3O2. The molecule has 0 bridgehead atoms. The van der Waals surface area contributed by atoms with Crippen molar-refractivity contribution in [3.8, 4) is 5.75 Å². The molecule has 1 atom stereocenters. The molecule has 1 N–H and O–H groups in total. The summed E-state index contributed by atoms with van der Waals surface area (Å²) in [6.45, 7) is 1.47. The number of aliphatic hydroxyl groups is 1. The maximum atomic E-state index is 14.1. The summed E-state index contributed by atoms with van der Waals surface area (Å²) in [7, 11) is 3.04. The van der Waals surface area contributed by atoms with Crippen LogP contribution < -0.4 is 4.74 Å². The molecule has 0 saturated carbocycles. The van der Waals surface area contributed by atoms with Crippen LogP contribution in [0.25, 0.3) is 0 Å². The molecule has 1 unspecified atom stereocenters. The van der Waals surface area contributed by atoms with Gasteiger partial charge in [0.2, 0.25) is 0 Å². The average Bonchev–Trinajstić information content (AvgIpc) is 2.68. The molecule has 0 aliphatic carbocycles. The molecule has 2 rings (SSSR count). The van der Waals surface area contributed by atoms with Crippen molar-refractivity contribution in [3.05, 3.63) is 39.9 Å². The fourth-order valence-electron chi connectivity index (χ4n) is 2.11. The highest BCUT2D eigenvalue weighted by molar-refractivity contribution is 9.10. The lowest BCUT2D eigenvalue weighted by Crippen LogP contribution is -2.28. The van der Waals surface area contributed by atoms with E-state index in [2.05, 4.69) is 26.2 Å². The van der Waals surface area contributed by atoms with Crippen molar-refractivity contribution in [3.63, 3.8) is 0 Å². The van der Waals surface area contributed by atoms with Crippen LogP contribution in [0.2, 0.25) is 0 Å². The van der Waals surface area contributed by atoms with Gasteiger partial charge in [-0.15, -0.1) is 5.10 Å². The lowest BCUT2D eigenvalue weighted by molar-refractivity contribution is 0.0847. The van der Waals surface area contributed by atoms with Crippen LogP contribution in [-0.2, 0) is 12.6 Å². The van der Waals surface area contributed by atoms with E-state index in [0.29, 0.717) is 10.3 Å². The van der Waals surface area contributed by atoms with E-state index in [9.17, 15) is 9.50 Å². The van der Waals surface area contributed by atoms with Crippen LogP contribution in [0.3, 0.4) is 0 Å². The van der Waals surface area contributed by atoms with Gasteiger partial charge in [-0.05, 0) is 35.0 Å². The highest BCUT2D eigenvalue weighted by Gasteiger charge is 2.37. The van der Waals surface area contributed by atoms with Gasteiger partial charge in [0.15, 0.2) is 4.60 Å². The van der Waals surface area contributed by atoms with Gasteiger partial charge >= 0.3 is 0 Å². The second-order valence-corrected chi connectivity index (χ2v) is 4.99. The van der Waals surface area contributed by atoms with Crippen LogP contribution in [0.5, 0.6) is 5.75 Å². The monoisotopic (exact) mass is 329 g/mol. The largest absolute Gasteiger partial charge is 0.496 e. The van der Waals surface area contributed by atoms with Gasteiger partial charge in [-0.1, -0.05) is 11.3 Å². The van der Waals surface area contributed by atoms with E-state index in [0.717, 1.165) is 0 Å². The van der Waals surface area contributed by atoms with E-state index >= 15 is 0 Å². The van der Waals surface area contributed by atoms with Crippen molar-refractivity contribution in [2.75, 3.05) is 7.11 Å². The smallest absolute Gasteiger partial charge is 0.154 e. The van der Waals surface area contributed by atoms with E-state index < -0.39 is 11.4 Å². The molecule has 1 aromatic carbocycles. The molecule has 5 nitrogen and oxygen atoms in total. The molecule has 0 spiro atoms.